The first-order chi connectivity index (χ1) is 8.49. The molecule has 1 heterocycles. The molecule has 1 aliphatic rings. The Balaban J connectivity index is 2.13. The number of aliphatic hydroxyl groups is 1. The molecule has 1 aromatic rings. The van der Waals surface area contributed by atoms with Crippen molar-refractivity contribution in [2.24, 2.45) is 0 Å². The summed E-state index contributed by atoms with van der Waals surface area (Å²) in [7, 11) is -3.58. The first kappa shape index (κ1) is 13.5. The Kier molecular flexibility index (Phi) is 4.01. The van der Waals surface area contributed by atoms with Crippen molar-refractivity contribution in [3.8, 4) is 0 Å². The molecule has 2 rings (SSSR count). The number of hydrogen-bond acceptors (Lipinski definition) is 4. The minimum Gasteiger partial charge on any atom is -0.389 e. The Hall–Kier alpha value is -0.950. The summed E-state index contributed by atoms with van der Waals surface area (Å²) in [5.41, 5.74) is 1.00. The molecule has 18 heavy (non-hydrogen) atoms. The second-order valence-corrected chi connectivity index (χ2v) is 6.19. The van der Waals surface area contributed by atoms with E-state index in [0.717, 1.165) is 5.56 Å². The number of aryl methyl sites for hydroxylation is 1. The quantitative estimate of drug-likeness (QED) is 0.835. The molecule has 1 saturated heterocycles. The van der Waals surface area contributed by atoms with Crippen LogP contribution in [0.15, 0.2) is 29.2 Å². The van der Waals surface area contributed by atoms with Crippen molar-refractivity contribution in [3.63, 3.8) is 0 Å². The Labute approximate surface area is 107 Å². The van der Waals surface area contributed by atoms with Crippen LogP contribution in [0.5, 0.6) is 0 Å². The lowest BCUT2D eigenvalue weighted by molar-refractivity contribution is -0.0222. The van der Waals surface area contributed by atoms with E-state index in [-0.39, 0.29) is 11.5 Å². The number of benzene rings is 1. The molecule has 0 bridgehead atoms. The predicted octanol–water partition coefficient (Wildman–Crippen LogP) is 0.423. The summed E-state index contributed by atoms with van der Waals surface area (Å²) in [4.78, 5) is 0.215. The van der Waals surface area contributed by atoms with Crippen LogP contribution in [0.1, 0.15) is 12.0 Å². The normalized spacial score (nSPS) is 25.0. The van der Waals surface area contributed by atoms with Gasteiger partial charge in [-0.1, -0.05) is 17.7 Å². The fraction of sp³-hybridized carbons (Fsp3) is 0.500. The van der Waals surface area contributed by atoms with Crippen LogP contribution in [0.4, 0.5) is 0 Å². The van der Waals surface area contributed by atoms with E-state index in [0.29, 0.717) is 13.0 Å². The van der Waals surface area contributed by atoms with Crippen LogP contribution in [0, 0.1) is 6.92 Å². The van der Waals surface area contributed by atoms with Gasteiger partial charge in [0, 0.05) is 6.61 Å². The van der Waals surface area contributed by atoms with Gasteiger partial charge in [0.25, 0.3) is 0 Å². The number of nitrogens with one attached hydrogen (secondary N) is 1. The highest BCUT2D eigenvalue weighted by molar-refractivity contribution is 7.89. The third-order valence-electron chi connectivity index (χ3n) is 2.96. The maximum absolute atomic E-state index is 12.1. The van der Waals surface area contributed by atoms with E-state index >= 15 is 0 Å². The molecule has 0 amide bonds. The molecule has 0 aliphatic carbocycles. The third kappa shape index (κ3) is 3.08. The molecule has 0 aromatic heterocycles. The zero-order valence-corrected chi connectivity index (χ0v) is 11.0. The first-order valence-electron chi connectivity index (χ1n) is 5.84. The molecule has 2 N–H and O–H groups in total. The number of ether oxygens (including phenoxy) is 1. The third-order valence-corrected chi connectivity index (χ3v) is 4.47. The zero-order chi connectivity index (χ0) is 13.2. The summed E-state index contributed by atoms with van der Waals surface area (Å²) in [6.45, 7) is 2.52. The van der Waals surface area contributed by atoms with Gasteiger partial charge < -0.3 is 9.84 Å². The van der Waals surface area contributed by atoms with Crippen LogP contribution in [0.25, 0.3) is 0 Å². The van der Waals surface area contributed by atoms with Crippen molar-refractivity contribution in [2.75, 3.05) is 13.2 Å². The Morgan fingerprint density at radius 3 is 2.61 bits per heavy atom. The van der Waals surface area contributed by atoms with E-state index in [1.54, 1.807) is 24.3 Å². The number of hydrogen-bond donors (Lipinski definition) is 2. The first-order valence-corrected chi connectivity index (χ1v) is 7.32. The smallest absolute Gasteiger partial charge is 0.240 e. The van der Waals surface area contributed by atoms with Crippen molar-refractivity contribution in [2.45, 2.75) is 30.4 Å². The molecule has 5 nitrogen and oxygen atoms in total. The molecular formula is C12H17NO4S. The fourth-order valence-electron chi connectivity index (χ4n) is 1.85. The van der Waals surface area contributed by atoms with E-state index in [9.17, 15) is 13.5 Å². The van der Waals surface area contributed by atoms with Gasteiger partial charge in [0.1, 0.15) is 0 Å². The highest BCUT2D eigenvalue weighted by atomic mass is 32.2. The summed E-state index contributed by atoms with van der Waals surface area (Å²) in [6, 6.07) is 6.13. The van der Waals surface area contributed by atoms with Crippen LogP contribution in [-0.2, 0) is 14.8 Å². The SMILES string of the molecule is Cc1ccc(S(=O)(=O)N[C@H]2CCOC[C@@H]2O)cc1. The number of sulfonamides is 1. The van der Waals surface area contributed by atoms with Crippen LogP contribution < -0.4 is 4.72 Å². The van der Waals surface area contributed by atoms with Crippen molar-refractivity contribution >= 4 is 10.0 Å². The molecule has 1 aliphatic heterocycles. The molecule has 2 atom stereocenters. The van der Waals surface area contributed by atoms with E-state index in [1.807, 2.05) is 6.92 Å². The largest absolute Gasteiger partial charge is 0.389 e. The van der Waals surface area contributed by atoms with Gasteiger partial charge >= 0.3 is 0 Å². The average molecular weight is 271 g/mol. The maximum Gasteiger partial charge on any atom is 0.240 e. The molecule has 0 spiro atoms. The van der Waals surface area contributed by atoms with Crippen molar-refractivity contribution in [1.29, 1.82) is 0 Å². The topological polar surface area (TPSA) is 75.6 Å². The molecule has 1 aromatic carbocycles. The monoisotopic (exact) mass is 271 g/mol. The number of rotatable bonds is 3. The molecular weight excluding hydrogens is 254 g/mol. The van der Waals surface area contributed by atoms with Gasteiger partial charge in [-0.3, -0.25) is 0 Å². The molecule has 6 heteroatoms. The van der Waals surface area contributed by atoms with Gasteiger partial charge in [-0.05, 0) is 25.5 Å². The Morgan fingerprint density at radius 2 is 2.00 bits per heavy atom. The van der Waals surface area contributed by atoms with Gasteiger partial charge in [-0.25, -0.2) is 13.1 Å². The lowest BCUT2D eigenvalue weighted by Crippen LogP contribution is -2.48. The van der Waals surface area contributed by atoms with E-state index in [2.05, 4.69) is 4.72 Å². The summed E-state index contributed by atoms with van der Waals surface area (Å²) in [5, 5.41) is 9.67. The summed E-state index contributed by atoms with van der Waals surface area (Å²) in [5.74, 6) is 0. The van der Waals surface area contributed by atoms with Crippen molar-refractivity contribution in [1.82, 2.24) is 4.72 Å². The standard InChI is InChI=1S/C12H17NO4S/c1-9-2-4-10(5-3-9)18(15,16)13-11-6-7-17-8-12(11)14/h2-5,11-14H,6-8H2,1H3/t11-,12-/m0/s1. The Bertz CT molecular complexity index is 497. The van der Waals surface area contributed by atoms with E-state index in [1.165, 1.54) is 0 Å². The highest BCUT2D eigenvalue weighted by Crippen LogP contribution is 2.14. The van der Waals surface area contributed by atoms with Gasteiger partial charge in [-0.15, -0.1) is 0 Å². The molecule has 100 valence electrons. The van der Waals surface area contributed by atoms with Gasteiger partial charge in [-0.2, -0.15) is 0 Å². The van der Waals surface area contributed by atoms with E-state index < -0.39 is 22.2 Å². The lowest BCUT2D eigenvalue weighted by atomic mass is 10.1. The van der Waals surface area contributed by atoms with Gasteiger partial charge in [0.05, 0.1) is 23.6 Å². The maximum atomic E-state index is 12.1. The van der Waals surface area contributed by atoms with Gasteiger partial charge in [0.15, 0.2) is 0 Å². The summed E-state index contributed by atoms with van der Waals surface area (Å²) >= 11 is 0. The van der Waals surface area contributed by atoms with Crippen LogP contribution in [0.2, 0.25) is 0 Å². The molecule has 0 unspecified atom stereocenters. The summed E-state index contributed by atoms with van der Waals surface area (Å²) in [6.07, 6.45) is -0.314. The number of aliphatic hydroxyl groups excluding tert-OH is 1. The minimum absolute atomic E-state index is 0.168. The lowest BCUT2D eigenvalue weighted by Gasteiger charge is -2.28. The van der Waals surface area contributed by atoms with Crippen LogP contribution >= 0.6 is 0 Å². The molecule has 0 saturated carbocycles. The second-order valence-electron chi connectivity index (χ2n) is 4.47. The molecule has 0 radical (unpaired) electrons. The summed E-state index contributed by atoms with van der Waals surface area (Å²) < 4.78 is 31.8. The Morgan fingerprint density at radius 1 is 1.33 bits per heavy atom. The second kappa shape index (κ2) is 5.36. The average Bonchev–Trinajstić information content (AvgIpc) is 2.32. The van der Waals surface area contributed by atoms with Crippen LogP contribution in [0.3, 0.4) is 0 Å². The van der Waals surface area contributed by atoms with Crippen molar-refractivity contribution < 1.29 is 18.3 Å². The van der Waals surface area contributed by atoms with E-state index in [4.69, 9.17) is 4.74 Å². The molecule has 1 fully saturated rings. The van der Waals surface area contributed by atoms with Crippen LogP contribution in [-0.4, -0.2) is 38.9 Å². The van der Waals surface area contributed by atoms with Gasteiger partial charge in [0.2, 0.25) is 10.0 Å². The zero-order valence-electron chi connectivity index (χ0n) is 10.2. The van der Waals surface area contributed by atoms with Crippen molar-refractivity contribution in [3.05, 3.63) is 29.8 Å². The highest BCUT2D eigenvalue weighted by Gasteiger charge is 2.28. The fourth-order valence-corrected chi connectivity index (χ4v) is 3.15. The predicted molar refractivity (Wildman–Crippen MR) is 66.7 cm³/mol. The minimum atomic E-state index is -3.58.